The van der Waals surface area contributed by atoms with E-state index in [4.69, 9.17) is 9.47 Å². The van der Waals surface area contributed by atoms with Gasteiger partial charge in [-0.3, -0.25) is 5.43 Å². The molecule has 1 aromatic carbocycles. The number of ether oxygens (including phenoxy) is 2. The van der Waals surface area contributed by atoms with Crippen LogP contribution in [0.5, 0.6) is 11.5 Å². The second kappa shape index (κ2) is 7.93. The highest BCUT2D eigenvalue weighted by molar-refractivity contribution is 5.74. The zero-order chi connectivity index (χ0) is 16.7. The van der Waals surface area contributed by atoms with Gasteiger partial charge in [-0.2, -0.15) is 9.49 Å². The summed E-state index contributed by atoms with van der Waals surface area (Å²) >= 11 is 0. The predicted octanol–water partition coefficient (Wildman–Crippen LogP) is 3.50. The van der Waals surface area contributed by atoms with E-state index in [0.717, 1.165) is 28.3 Å². The minimum atomic E-state index is -0.741. The molecule has 0 unspecified atom stereocenters. The predicted molar refractivity (Wildman–Crippen MR) is 89.5 cm³/mol. The number of aliphatic imine (C=N–C) groups is 1. The van der Waals surface area contributed by atoms with Crippen molar-refractivity contribution >= 4 is 12.9 Å². The van der Waals surface area contributed by atoms with Gasteiger partial charge in [0.2, 0.25) is 12.7 Å². The van der Waals surface area contributed by atoms with Crippen molar-refractivity contribution in [1.29, 1.82) is 0 Å². The quantitative estimate of drug-likeness (QED) is 0.362. The third-order valence-electron chi connectivity index (χ3n) is 3.14. The lowest BCUT2D eigenvalue weighted by molar-refractivity contribution is 0.174. The van der Waals surface area contributed by atoms with Gasteiger partial charge in [0.15, 0.2) is 11.5 Å². The summed E-state index contributed by atoms with van der Waals surface area (Å²) in [4.78, 5) is 3.47. The zero-order valence-electron chi connectivity index (χ0n) is 12.9. The molecule has 6 heteroatoms. The Morgan fingerprint density at radius 2 is 2.17 bits per heavy atom. The van der Waals surface area contributed by atoms with Crippen LogP contribution in [0.2, 0.25) is 0 Å². The van der Waals surface area contributed by atoms with Gasteiger partial charge < -0.3 is 9.47 Å². The van der Waals surface area contributed by atoms with Crippen molar-refractivity contribution in [3.63, 3.8) is 0 Å². The van der Waals surface area contributed by atoms with Crippen LogP contribution in [0.1, 0.15) is 12.5 Å². The summed E-state index contributed by atoms with van der Waals surface area (Å²) in [7, 11) is 0. The molecule has 0 aromatic heterocycles. The first-order valence-electron chi connectivity index (χ1n) is 6.96. The molecule has 0 radical (unpaired) electrons. The van der Waals surface area contributed by atoms with Gasteiger partial charge in [0, 0.05) is 12.9 Å². The Morgan fingerprint density at radius 1 is 1.39 bits per heavy atom. The zero-order valence-corrected chi connectivity index (χ0v) is 12.9. The van der Waals surface area contributed by atoms with E-state index in [2.05, 4.69) is 28.8 Å². The van der Waals surface area contributed by atoms with Crippen LogP contribution < -0.4 is 14.9 Å². The van der Waals surface area contributed by atoms with Crippen molar-refractivity contribution in [2.24, 2.45) is 10.1 Å². The molecular formula is C17H18FN3O2. The number of nitrogens with zero attached hydrogens (tertiary/aromatic N) is 2. The van der Waals surface area contributed by atoms with Crippen LogP contribution in [0.4, 0.5) is 4.39 Å². The van der Waals surface area contributed by atoms with E-state index in [1.165, 1.54) is 6.21 Å². The highest BCUT2D eigenvalue weighted by Gasteiger charge is 2.12. The van der Waals surface area contributed by atoms with Crippen LogP contribution in [0.25, 0.3) is 0 Å². The molecule has 0 bridgehead atoms. The number of halogens is 1. The number of hydrogen-bond acceptors (Lipinski definition) is 5. The maximum Gasteiger partial charge on any atom is 0.231 e. The van der Waals surface area contributed by atoms with Gasteiger partial charge >= 0.3 is 0 Å². The third-order valence-corrected chi connectivity index (χ3v) is 3.14. The molecule has 0 amide bonds. The molecule has 2 rings (SSSR count). The van der Waals surface area contributed by atoms with Gasteiger partial charge in [0.05, 0.1) is 5.70 Å². The third kappa shape index (κ3) is 4.81. The minimum Gasteiger partial charge on any atom is -0.454 e. The lowest BCUT2D eigenvalue weighted by atomic mass is 10.1. The summed E-state index contributed by atoms with van der Waals surface area (Å²) in [5, 5.41) is 3.68. The fourth-order valence-corrected chi connectivity index (χ4v) is 1.99. The van der Waals surface area contributed by atoms with Crippen molar-refractivity contribution in [1.82, 2.24) is 5.43 Å². The lowest BCUT2D eigenvalue weighted by Crippen LogP contribution is -2.06. The van der Waals surface area contributed by atoms with Crippen molar-refractivity contribution in [3.05, 3.63) is 59.7 Å². The maximum atomic E-state index is 12.5. The van der Waals surface area contributed by atoms with Gasteiger partial charge in [-0.25, -0.2) is 4.99 Å². The van der Waals surface area contributed by atoms with E-state index in [1.54, 1.807) is 6.08 Å². The van der Waals surface area contributed by atoms with E-state index >= 15 is 0 Å². The molecule has 1 aliphatic rings. The summed E-state index contributed by atoms with van der Waals surface area (Å²) in [5.41, 5.74) is 5.48. The summed E-state index contributed by atoms with van der Waals surface area (Å²) < 4.78 is 23.1. The Balaban J connectivity index is 2.12. The van der Waals surface area contributed by atoms with Crippen LogP contribution in [0.15, 0.2) is 64.2 Å². The van der Waals surface area contributed by atoms with Crippen LogP contribution >= 0.6 is 0 Å². The van der Waals surface area contributed by atoms with Crippen LogP contribution in [-0.4, -0.2) is 19.7 Å². The van der Waals surface area contributed by atoms with Crippen LogP contribution in [0.3, 0.4) is 0 Å². The van der Waals surface area contributed by atoms with Crippen LogP contribution in [-0.2, 0) is 6.42 Å². The van der Waals surface area contributed by atoms with Crippen molar-refractivity contribution in [2.75, 3.05) is 6.79 Å². The molecular weight excluding hydrogens is 297 g/mol. The van der Waals surface area contributed by atoms with Gasteiger partial charge in [-0.15, -0.1) is 0 Å². The SMILES string of the molecule is C=NNC(=C\Cc1ccc2c(c1)OCO2)/C(C)=C/C=NC(=C)F. The molecule has 0 aliphatic carbocycles. The average Bonchev–Trinajstić information content (AvgIpc) is 2.98. The topological polar surface area (TPSA) is 55.2 Å². The monoisotopic (exact) mass is 315 g/mol. The Labute approximate surface area is 134 Å². The van der Waals surface area contributed by atoms with Crippen molar-refractivity contribution in [2.45, 2.75) is 13.3 Å². The Kier molecular flexibility index (Phi) is 5.68. The highest BCUT2D eigenvalue weighted by Crippen LogP contribution is 2.32. The van der Waals surface area contributed by atoms with Crippen LogP contribution in [0, 0.1) is 0 Å². The van der Waals surface area contributed by atoms with Crippen molar-refractivity contribution < 1.29 is 13.9 Å². The lowest BCUT2D eigenvalue weighted by Gasteiger charge is -2.07. The average molecular weight is 315 g/mol. The second-order valence-corrected chi connectivity index (χ2v) is 4.78. The molecule has 120 valence electrons. The molecule has 5 nitrogen and oxygen atoms in total. The first-order chi connectivity index (χ1) is 11.1. The minimum absolute atomic E-state index is 0.253. The highest BCUT2D eigenvalue weighted by atomic mass is 19.1. The van der Waals surface area contributed by atoms with E-state index in [0.29, 0.717) is 6.42 Å². The van der Waals surface area contributed by atoms with Gasteiger partial charge in [-0.1, -0.05) is 12.1 Å². The number of nitrogens with one attached hydrogen (secondary N) is 1. The van der Waals surface area contributed by atoms with Gasteiger partial charge in [0.25, 0.3) is 0 Å². The molecule has 1 heterocycles. The normalized spacial score (nSPS) is 14.2. The molecule has 1 aliphatic heterocycles. The molecule has 1 aromatic rings. The number of allylic oxidation sites excluding steroid dienone is 3. The molecule has 23 heavy (non-hydrogen) atoms. The molecule has 0 atom stereocenters. The van der Waals surface area contributed by atoms with Crippen molar-refractivity contribution in [3.8, 4) is 11.5 Å². The molecule has 0 fully saturated rings. The number of rotatable bonds is 7. The smallest absolute Gasteiger partial charge is 0.231 e. The fourth-order valence-electron chi connectivity index (χ4n) is 1.99. The number of benzene rings is 1. The molecule has 0 saturated heterocycles. The second-order valence-electron chi connectivity index (χ2n) is 4.78. The van der Waals surface area contributed by atoms with E-state index in [-0.39, 0.29) is 6.79 Å². The van der Waals surface area contributed by atoms with Gasteiger partial charge in [0.1, 0.15) is 0 Å². The first kappa shape index (κ1) is 16.5. The largest absolute Gasteiger partial charge is 0.454 e. The van der Waals surface area contributed by atoms with E-state index in [1.807, 2.05) is 31.2 Å². The summed E-state index contributed by atoms with van der Waals surface area (Å²) in [6.07, 6.45) is 5.62. The summed E-state index contributed by atoms with van der Waals surface area (Å²) in [6, 6.07) is 5.79. The molecule has 0 saturated carbocycles. The summed E-state index contributed by atoms with van der Waals surface area (Å²) in [6.45, 7) is 8.59. The molecule has 1 N–H and O–H groups in total. The number of hydrogen-bond donors (Lipinski definition) is 1. The Morgan fingerprint density at radius 3 is 2.91 bits per heavy atom. The molecule has 0 spiro atoms. The van der Waals surface area contributed by atoms with Gasteiger partial charge in [-0.05, 0) is 49.3 Å². The van der Waals surface area contributed by atoms with E-state index in [9.17, 15) is 4.39 Å². The fraction of sp³-hybridized carbons (Fsp3) is 0.176. The standard InChI is InChI=1S/C17H18FN3O2/c1-12(8-9-20-13(2)18)15(21-19-3)6-4-14-5-7-16-17(10-14)23-11-22-16/h5-10,21H,2-4,11H2,1H3/b12-8+,15-6-,20-9?. The maximum absolute atomic E-state index is 12.5. The Bertz CT molecular complexity index is 693. The first-order valence-corrected chi connectivity index (χ1v) is 6.96. The number of fused-ring (bicyclic) bond motifs is 1. The Hall–Kier alpha value is -2.89. The number of hydrazone groups is 1. The summed E-state index contributed by atoms with van der Waals surface area (Å²) in [5.74, 6) is 0.755. The van der Waals surface area contributed by atoms with E-state index < -0.39 is 5.95 Å².